The minimum atomic E-state index is -0.827. The summed E-state index contributed by atoms with van der Waals surface area (Å²) in [7, 11) is 4.48. The van der Waals surface area contributed by atoms with Crippen LogP contribution in [0.5, 0.6) is 17.2 Å². The Morgan fingerprint density at radius 2 is 1.63 bits per heavy atom. The van der Waals surface area contributed by atoms with Crippen molar-refractivity contribution in [2.75, 3.05) is 34.4 Å². The van der Waals surface area contributed by atoms with Crippen LogP contribution in [0.1, 0.15) is 30.0 Å². The molecule has 0 spiro atoms. The predicted octanol–water partition coefficient (Wildman–Crippen LogP) is 3.88. The first kappa shape index (κ1) is 21.8. The van der Waals surface area contributed by atoms with Gasteiger partial charge in [-0.15, -0.1) is 0 Å². The molecule has 1 saturated heterocycles. The van der Waals surface area contributed by atoms with E-state index in [1.807, 2.05) is 4.90 Å². The van der Waals surface area contributed by atoms with E-state index in [9.17, 15) is 18.7 Å². The fourth-order valence-electron chi connectivity index (χ4n) is 3.97. The number of carboxylic acid groups (broad SMARTS) is 1. The van der Waals surface area contributed by atoms with E-state index in [2.05, 4.69) is 0 Å². The molecule has 0 radical (unpaired) electrons. The number of nitrogens with zero attached hydrogens (tertiary/aromatic N) is 1. The molecule has 30 heavy (non-hydrogen) atoms. The molecule has 1 aliphatic heterocycles. The number of rotatable bonds is 7. The first-order valence-electron chi connectivity index (χ1n) is 9.61. The molecule has 1 aliphatic rings. The normalized spacial score (nSPS) is 16.2. The molecule has 0 amide bonds. The Bertz CT molecular complexity index is 887. The number of methoxy groups -OCH3 is 3. The molecule has 0 aromatic heterocycles. The molecule has 0 bridgehead atoms. The minimum absolute atomic E-state index is 0.291. The van der Waals surface area contributed by atoms with E-state index in [4.69, 9.17) is 14.2 Å². The van der Waals surface area contributed by atoms with Crippen LogP contribution in [0.15, 0.2) is 30.3 Å². The van der Waals surface area contributed by atoms with Crippen molar-refractivity contribution in [1.82, 2.24) is 4.90 Å². The lowest BCUT2D eigenvalue weighted by molar-refractivity contribution is -0.143. The summed E-state index contributed by atoms with van der Waals surface area (Å²) in [5.41, 5.74) is 0.961. The highest BCUT2D eigenvalue weighted by Gasteiger charge is 2.32. The Labute approximate surface area is 174 Å². The maximum atomic E-state index is 14.8. The van der Waals surface area contributed by atoms with Gasteiger partial charge in [0, 0.05) is 11.6 Å². The molecule has 0 aliphatic carbocycles. The maximum Gasteiger partial charge on any atom is 0.306 e. The van der Waals surface area contributed by atoms with Gasteiger partial charge in [-0.1, -0.05) is 6.07 Å². The lowest BCUT2D eigenvalue weighted by Crippen LogP contribution is -2.39. The minimum Gasteiger partial charge on any atom is -0.493 e. The van der Waals surface area contributed by atoms with Crippen LogP contribution < -0.4 is 14.2 Å². The monoisotopic (exact) mass is 421 g/mol. The molecule has 3 rings (SSSR count). The third kappa shape index (κ3) is 4.33. The van der Waals surface area contributed by atoms with Gasteiger partial charge in [-0.2, -0.15) is 0 Å². The highest BCUT2D eigenvalue weighted by Crippen LogP contribution is 2.43. The summed E-state index contributed by atoms with van der Waals surface area (Å²) in [5.74, 6) is -1.35. The number of halogens is 2. The molecule has 1 fully saturated rings. The third-order valence-electron chi connectivity index (χ3n) is 5.50. The van der Waals surface area contributed by atoms with E-state index in [1.165, 1.54) is 33.5 Å². The number of benzene rings is 2. The van der Waals surface area contributed by atoms with Crippen LogP contribution >= 0.6 is 0 Å². The van der Waals surface area contributed by atoms with Gasteiger partial charge in [0.2, 0.25) is 5.75 Å². The van der Waals surface area contributed by atoms with Crippen molar-refractivity contribution < 1.29 is 32.9 Å². The molecule has 2 aromatic rings. The second-order valence-corrected chi connectivity index (χ2v) is 7.18. The Morgan fingerprint density at radius 1 is 1.03 bits per heavy atom. The lowest BCUT2D eigenvalue weighted by atomic mass is 9.90. The van der Waals surface area contributed by atoms with Crippen LogP contribution in [0.4, 0.5) is 8.78 Å². The molecule has 162 valence electrons. The molecular weight excluding hydrogens is 396 g/mol. The highest BCUT2D eigenvalue weighted by atomic mass is 19.1. The summed E-state index contributed by atoms with van der Waals surface area (Å²) in [4.78, 5) is 13.3. The first-order valence-corrected chi connectivity index (χ1v) is 9.61. The van der Waals surface area contributed by atoms with Gasteiger partial charge in [0.05, 0.1) is 33.3 Å². The maximum absolute atomic E-state index is 14.8. The SMILES string of the molecule is COc1cc(C(c2ccc(F)cc2F)N2CCC(C(=O)O)CC2)cc(OC)c1OC. The zero-order valence-corrected chi connectivity index (χ0v) is 17.2. The first-order chi connectivity index (χ1) is 14.4. The predicted molar refractivity (Wildman–Crippen MR) is 106 cm³/mol. The average Bonchev–Trinajstić information content (AvgIpc) is 2.74. The van der Waals surface area contributed by atoms with Gasteiger partial charge in [0.15, 0.2) is 11.5 Å². The summed E-state index contributed by atoms with van der Waals surface area (Å²) in [5, 5.41) is 9.30. The van der Waals surface area contributed by atoms with Crippen molar-refractivity contribution in [3.8, 4) is 17.2 Å². The Hall–Kier alpha value is -2.87. The molecule has 8 heteroatoms. The van der Waals surface area contributed by atoms with E-state index in [0.29, 0.717) is 54.3 Å². The number of hydrogen-bond acceptors (Lipinski definition) is 5. The van der Waals surface area contributed by atoms with Crippen LogP contribution in [-0.2, 0) is 4.79 Å². The summed E-state index contributed by atoms with van der Waals surface area (Å²) in [6, 6.07) is 6.38. The number of aliphatic carboxylic acids is 1. The molecular formula is C22H25F2NO5. The number of carbonyl (C=O) groups is 1. The molecule has 1 heterocycles. The Balaban J connectivity index is 2.09. The number of piperidine rings is 1. The van der Waals surface area contributed by atoms with Crippen molar-refractivity contribution in [3.63, 3.8) is 0 Å². The summed E-state index contributed by atoms with van der Waals surface area (Å²) in [6.45, 7) is 0.907. The average molecular weight is 421 g/mol. The quantitative estimate of drug-likeness (QED) is 0.732. The zero-order chi connectivity index (χ0) is 21.8. The van der Waals surface area contributed by atoms with Gasteiger partial charge in [-0.25, -0.2) is 8.78 Å². The number of hydrogen-bond donors (Lipinski definition) is 1. The van der Waals surface area contributed by atoms with Crippen LogP contribution in [0.3, 0.4) is 0 Å². The van der Waals surface area contributed by atoms with Crippen molar-refractivity contribution >= 4 is 5.97 Å². The van der Waals surface area contributed by atoms with E-state index in [1.54, 1.807) is 12.1 Å². The Morgan fingerprint density at radius 3 is 2.10 bits per heavy atom. The van der Waals surface area contributed by atoms with Crippen molar-refractivity contribution in [1.29, 1.82) is 0 Å². The third-order valence-corrected chi connectivity index (χ3v) is 5.50. The van der Waals surface area contributed by atoms with Crippen LogP contribution in [0, 0.1) is 17.6 Å². The standard InChI is InChI=1S/C22H25F2NO5/c1-28-18-10-14(11-19(29-2)21(18)30-3)20(16-5-4-15(23)12-17(16)24)25-8-6-13(7-9-25)22(26)27/h4-5,10-13,20H,6-9H2,1-3H3,(H,26,27). The fraction of sp³-hybridized carbons (Fsp3) is 0.409. The number of likely N-dealkylation sites (tertiary alicyclic amines) is 1. The Kier molecular flexibility index (Phi) is 6.77. The van der Waals surface area contributed by atoms with E-state index in [-0.39, 0.29) is 0 Å². The molecule has 2 aromatic carbocycles. The van der Waals surface area contributed by atoms with Crippen LogP contribution in [0.2, 0.25) is 0 Å². The second-order valence-electron chi connectivity index (χ2n) is 7.18. The topological polar surface area (TPSA) is 68.2 Å². The van der Waals surface area contributed by atoms with E-state index in [0.717, 1.165) is 6.07 Å². The largest absolute Gasteiger partial charge is 0.493 e. The van der Waals surface area contributed by atoms with Gasteiger partial charge in [-0.05, 0) is 49.7 Å². The summed E-state index contributed by atoms with van der Waals surface area (Å²) in [6.07, 6.45) is 0.887. The van der Waals surface area contributed by atoms with E-state index >= 15 is 0 Å². The molecule has 6 nitrogen and oxygen atoms in total. The summed E-state index contributed by atoms with van der Waals surface area (Å²) >= 11 is 0. The smallest absolute Gasteiger partial charge is 0.306 e. The molecule has 0 saturated carbocycles. The molecule has 1 N–H and O–H groups in total. The van der Waals surface area contributed by atoms with Crippen molar-refractivity contribution in [2.45, 2.75) is 18.9 Å². The van der Waals surface area contributed by atoms with Crippen molar-refractivity contribution in [2.24, 2.45) is 5.92 Å². The van der Waals surface area contributed by atoms with Crippen LogP contribution in [0.25, 0.3) is 0 Å². The second kappa shape index (κ2) is 9.30. The summed E-state index contributed by atoms with van der Waals surface area (Å²) < 4.78 is 44.6. The van der Waals surface area contributed by atoms with Gasteiger partial charge in [-0.3, -0.25) is 9.69 Å². The van der Waals surface area contributed by atoms with Crippen LogP contribution in [-0.4, -0.2) is 50.4 Å². The van der Waals surface area contributed by atoms with E-state index < -0.39 is 29.6 Å². The van der Waals surface area contributed by atoms with Gasteiger partial charge >= 0.3 is 5.97 Å². The van der Waals surface area contributed by atoms with Gasteiger partial charge in [0.1, 0.15) is 11.6 Å². The molecule has 1 unspecified atom stereocenters. The molecule has 1 atom stereocenters. The number of carboxylic acids is 1. The highest BCUT2D eigenvalue weighted by molar-refractivity contribution is 5.70. The van der Waals surface area contributed by atoms with Crippen molar-refractivity contribution in [3.05, 3.63) is 53.1 Å². The lowest BCUT2D eigenvalue weighted by Gasteiger charge is -2.37. The fourth-order valence-corrected chi connectivity index (χ4v) is 3.97. The zero-order valence-electron chi connectivity index (χ0n) is 17.2. The number of ether oxygens (including phenoxy) is 3. The van der Waals surface area contributed by atoms with Gasteiger partial charge in [0.25, 0.3) is 0 Å². The van der Waals surface area contributed by atoms with Gasteiger partial charge < -0.3 is 19.3 Å².